The van der Waals surface area contributed by atoms with E-state index in [1.165, 1.54) is 48.5 Å². The highest BCUT2D eigenvalue weighted by atomic mass is 19.4. The second-order valence-corrected chi connectivity index (χ2v) is 6.11. The van der Waals surface area contributed by atoms with Crippen LogP contribution in [0.15, 0.2) is 48.5 Å². The van der Waals surface area contributed by atoms with Crippen molar-refractivity contribution in [3.05, 3.63) is 59.7 Å². The van der Waals surface area contributed by atoms with Crippen LogP contribution in [0.1, 0.15) is 28.8 Å². The molecule has 0 atom stereocenters. The van der Waals surface area contributed by atoms with Crippen LogP contribution in [0.2, 0.25) is 0 Å². The smallest absolute Gasteiger partial charge is 0.454 e. The van der Waals surface area contributed by atoms with Crippen LogP contribution in [-0.2, 0) is 5.41 Å². The molecule has 1 fully saturated rings. The van der Waals surface area contributed by atoms with Gasteiger partial charge in [0.05, 0.1) is 11.0 Å². The van der Waals surface area contributed by atoms with Gasteiger partial charge in [-0.2, -0.15) is 22.0 Å². The molecule has 0 spiro atoms. The number of carbonyl (C=O) groups is 1. The van der Waals surface area contributed by atoms with E-state index in [0.717, 1.165) is 0 Å². The van der Waals surface area contributed by atoms with Crippen LogP contribution < -0.4 is 4.74 Å². The molecule has 0 heterocycles. The second-order valence-electron chi connectivity index (χ2n) is 6.11. The molecule has 3 rings (SSSR count). The number of hydrogen-bond donors (Lipinski definition) is 1. The number of benzene rings is 2. The van der Waals surface area contributed by atoms with Crippen LogP contribution in [0, 0.1) is 0 Å². The van der Waals surface area contributed by atoms with Crippen molar-refractivity contribution < 1.29 is 36.6 Å². The van der Waals surface area contributed by atoms with E-state index in [0.29, 0.717) is 5.75 Å². The number of alkyl halides is 5. The largest absolute Gasteiger partial charge is 0.478 e. The third kappa shape index (κ3) is 3.00. The van der Waals surface area contributed by atoms with E-state index in [9.17, 15) is 26.7 Å². The van der Waals surface area contributed by atoms with Gasteiger partial charge < -0.3 is 9.84 Å². The third-order valence-electron chi connectivity index (χ3n) is 4.45. The number of ether oxygens (including phenoxy) is 1. The number of aromatic carboxylic acids is 1. The molecule has 2 aromatic carbocycles. The van der Waals surface area contributed by atoms with E-state index in [1.54, 1.807) is 0 Å². The quantitative estimate of drug-likeness (QED) is 0.715. The van der Waals surface area contributed by atoms with Crippen molar-refractivity contribution in [2.75, 3.05) is 0 Å². The standard InChI is InChI=1S/C18H13F5O3/c19-17(20,18(21,22)23)16(9-10-16)12-3-7-14(8-4-12)26-13-5-1-11(2-6-13)15(24)25/h1-8H,9-10H2,(H,24,25). The number of rotatable bonds is 5. The predicted octanol–water partition coefficient (Wildman–Crippen LogP) is 5.41. The summed E-state index contributed by atoms with van der Waals surface area (Å²) >= 11 is 0. The Kier molecular flexibility index (Phi) is 4.17. The maximum absolute atomic E-state index is 13.8. The Morgan fingerprint density at radius 1 is 0.885 bits per heavy atom. The first kappa shape index (κ1) is 18.2. The molecule has 2 aromatic rings. The summed E-state index contributed by atoms with van der Waals surface area (Å²) in [6, 6.07) is 10.5. The fourth-order valence-electron chi connectivity index (χ4n) is 2.82. The molecule has 1 aliphatic rings. The summed E-state index contributed by atoms with van der Waals surface area (Å²) in [6.07, 6.45) is -6.09. The van der Waals surface area contributed by atoms with Gasteiger partial charge in [-0.05, 0) is 54.8 Å². The van der Waals surface area contributed by atoms with Crippen molar-refractivity contribution in [3.63, 3.8) is 0 Å². The molecule has 26 heavy (non-hydrogen) atoms. The van der Waals surface area contributed by atoms with Gasteiger partial charge in [0.1, 0.15) is 11.5 Å². The number of carboxylic acid groups (broad SMARTS) is 1. The summed E-state index contributed by atoms with van der Waals surface area (Å²) in [6.45, 7) is 0. The Hall–Kier alpha value is -2.64. The van der Waals surface area contributed by atoms with E-state index >= 15 is 0 Å². The minimum Gasteiger partial charge on any atom is -0.478 e. The Bertz CT molecular complexity index is 806. The monoisotopic (exact) mass is 372 g/mol. The van der Waals surface area contributed by atoms with Crippen molar-refractivity contribution in [1.82, 2.24) is 0 Å². The topological polar surface area (TPSA) is 46.5 Å². The van der Waals surface area contributed by atoms with Gasteiger partial charge in [-0.1, -0.05) is 12.1 Å². The SMILES string of the molecule is O=C(O)c1ccc(Oc2ccc(C3(C(F)(F)C(F)(F)F)CC3)cc2)cc1. The molecular formula is C18H13F5O3. The molecule has 138 valence electrons. The average Bonchev–Trinajstić information content (AvgIpc) is 3.37. The number of halogens is 5. The highest BCUT2D eigenvalue weighted by Gasteiger charge is 2.75. The van der Waals surface area contributed by atoms with E-state index in [-0.39, 0.29) is 29.7 Å². The highest BCUT2D eigenvalue weighted by Crippen LogP contribution is 2.63. The van der Waals surface area contributed by atoms with Crippen molar-refractivity contribution in [3.8, 4) is 11.5 Å². The van der Waals surface area contributed by atoms with Crippen LogP contribution >= 0.6 is 0 Å². The maximum atomic E-state index is 13.8. The number of carboxylic acids is 1. The Morgan fingerprint density at radius 3 is 1.73 bits per heavy atom. The first-order valence-corrected chi connectivity index (χ1v) is 7.63. The lowest BCUT2D eigenvalue weighted by Crippen LogP contribution is -2.47. The second kappa shape index (κ2) is 5.96. The van der Waals surface area contributed by atoms with Crippen molar-refractivity contribution in [1.29, 1.82) is 0 Å². The average molecular weight is 372 g/mol. The molecule has 0 amide bonds. The van der Waals surface area contributed by atoms with Crippen LogP contribution in [-0.4, -0.2) is 23.2 Å². The van der Waals surface area contributed by atoms with E-state index in [2.05, 4.69) is 0 Å². The molecule has 3 nitrogen and oxygen atoms in total. The van der Waals surface area contributed by atoms with Crippen LogP contribution in [0.5, 0.6) is 11.5 Å². The van der Waals surface area contributed by atoms with Crippen LogP contribution in [0.4, 0.5) is 22.0 Å². The maximum Gasteiger partial charge on any atom is 0.454 e. The lowest BCUT2D eigenvalue weighted by molar-refractivity contribution is -0.296. The molecule has 0 unspecified atom stereocenters. The Balaban J connectivity index is 1.78. The van der Waals surface area contributed by atoms with Gasteiger partial charge in [0.15, 0.2) is 0 Å². The summed E-state index contributed by atoms with van der Waals surface area (Å²) in [5, 5.41) is 8.82. The molecular weight excluding hydrogens is 359 g/mol. The summed E-state index contributed by atoms with van der Waals surface area (Å²) < 4.78 is 71.1. The third-order valence-corrected chi connectivity index (χ3v) is 4.45. The van der Waals surface area contributed by atoms with Crippen LogP contribution in [0.25, 0.3) is 0 Å². The molecule has 1 aliphatic carbocycles. The van der Waals surface area contributed by atoms with Gasteiger partial charge >= 0.3 is 18.1 Å². The van der Waals surface area contributed by atoms with Gasteiger partial charge in [0.25, 0.3) is 0 Å². The first-order chi connectivity index (χ1) is 12.1. The fraction of sp³-hybridized carbons (Fsp3) is 0.278. The summed E-state index contributed by atoms with van der Waals surface area (Å²) in [4.78, 5) is 10.8. The molecule has 0 saturated heterocycles. The highest BCUT2D eigenvalue weighted by molar-refractivity contribution is 5.87. The fourth-order valence-corrected chi connectivity index (χ4v) is 2.82. The van der Waals surface area contributed by atoms with Crippen LogP contribution in [0.3, 0.4) is 0 Å². The molecule has 0 aromatic heterocycles. The lowest BCUT2D eigenvalue weighted by atomic mass is 9.88. The van der Waals surface area contributed by atoms with Gasteiger partial charge in [0, 0.05) is 0 Å². The molecule has 1 saturated carbocycles. The first-order valence-electron chi connectivity index (χ1n) is 7.63. The number of hydrogen-bond acceptors (Lipinski definition) is 2. The summed E-state index contributed by atoms with van der Waals surface area (Å²) in [7, 11) is 0. The zero-order valence-corrected chi connectivity index (χ0v) is 13.2. The zero-order valence-electron chi connectivity index (χ0n) is 13.2. The lowest BCUT2D eigenvalue weighted by Gasteiger charge is -2.29. The summed E-state index contributed by atoms with van der Waals surface area (Å²) in [5.41, 5.74) is -2.24. The van der Waals surface area contributed by atoms with E-state index in [1.807, 2.05) is 0 Å². The van der Waals surface area contributed by atoms with Crippen molar-refractivity contribution in [2.24, 2.45) is 0 Å². The summed E-state index contributed by atoms with van der Waals surface area (Å²) in [5.74, 6) is -5.34. The normalized spacial score (nSPS) is 16.2. The molecule has 0 radical (unpaired) electrons. The van der Waals surface area contributed by atoms with E-state index < -0.39 is 23.5 Å². The Labute approximate surface area is 145 Å². The van der Waals surface area contributed by atoms with Crippen molar-refractivity contribution >= 4 is 5.97 Å². The molecule has 0 bridgehead atoms. The Morgan fingerprint density at radius 2 is 1.35 bits per heavy atom. The van der Waals surface area contributed by atoms with Crippen molar-refractivity contribution in [2.45, 2.75) is 30.4 Å². The minimum absolute atomic E-state index is 0.0674. The van der Waals surface area contributed by atoms with Gasteiger partial charge in [0.2, 0.25) is 0 Å². The van der Waals surface area contributed by atoms with Gasteiger partial charge in [-0.15, -0.1) is 0 Å². The zero-order chi connectivity index (χ0) is 19.2. The molecule has 0 aliphatic heterocycles. The van der Waals surface area contributed by atoms with Gasteiger partial charge in [-0.3, -0.25) is 0 Å². The van der Waals surface area contributed by atoms with E-state index in [4.69, 9.17) is 9.84 Å². The molecule has 1 N–H and O–H groups in total. The predicted molar refractivity (Wildman–Crippen MR) is 81.8 cm³/mol. The minimum atomic E-state index is -5.61. The van der Waals surface area contributed by atoms with Gasteiger partial charge in [-0.25, -0.2) is 4.79 Å². The molecule has 8 heteroatoms.